The summed E-state index contributed by atoms with van der Waals surface area (Å²) >= 11 is 6.61. The molecule has 0 radical (unpaired) electrons. The van der Waals surface area contributed by atoms with Crippen molar-refractivity contribution in [3.8, 4) is 17.3 Å². The molecule has 0 bridgehead atoms. The largest absolute Gasteiger partial charge is 0.458 e. The normalized spacial score (nSPS) is 21.0. The molecule has 1 atom stereocenters. The molecule has 0 spiro atoms. The Morgan fingerprint density at radius 2 is 1.89 bits per heavy atom. The molecule has 4 rings (SSSR count). The van der Waals surface area contributed by atoms with Crippen LogP contribution in [0.15, 0.2) is 30.5 Å². The first-order valence-electron chi connectivity index (χ1n) is 16.3. The van der Waals surface area contributed by atoms with Crippen LogP contribution in [0.3, 0.4) is 0 Å². The number of aromatic nitrogens is 2. The van der Waals surface area contributed by atoms with E-state index in [1.807, 2.05) is 39.0 Å². The molecule has 1 aliphatic heterocycles. The molecule has 10 heteroatoms. The van der Waals surface area contributed by atoms with E-state index in [0.717, 1.165) is 67.7 Å². The first-order chi connectivity index (χ1) is 21.3. The molecule has 45 heavy (non-hydrogen) atoms. The third-order valence-corrected chi connectivity index (χ3v) is 8.98. The number of halogens is 1. The summed E-state index contributed by atoms with van der Waals surface area (Å²) in [5.74, 6) is 0.924. The second-order valence-corrected chi connectivity index (χ2v) is 14.6. The molecule has 2 aliphatic rings. The predicted octanol–water partition coefficient (Wildman–Crippen LogP) is 6.75. The minimum atomic E-state index is -0.996. The molecule has 2 N–H and O–H groups in total. The molecule has 0 aromatic carbocycles. The quantitative estimate of drug-likeness (QED) is 0.243. The molecular weight excluding hydrogens is 590 g/mol. The molecule has 1 saturated heterocycles. The zero-order chi connectivity index (χ0) is 32.7. The van der Waals surface area contributed by atoms with E-state index in [4.69, 9.17) is 30.8 Å². The average Bonchev–Trinajstić information content (AvgIpc) is 3.01. The van der Waals surface area contributed by atoms with Gasteiger partial charge in [0.2, 0.25) is 0 Å². The predicted molar refractivity (Wildman–Crippen MR) is 177 cm³/mol. The number of nitriles is 1. The van der Waals surface area contributed by atoms with Crippen LogP contribution in [-0.4, -0.2) is 65.6 Å². The minimum absolute atomic E-state index is 0.119. The van der Waals surface area contributed by atoms with Crippen LogP contribution in [0.5, 0.6) is 0 Å². The highest BCUT2D eigenvalue weighted by molar-refractivity contribution is 6.33. The Kier molecular flexibility index (Phi) is 11.9. The fourth-order valence-corrected chi connectivity index (χ4v) is 6.10. The number of pyridine rings is 2. The van der Waals surface area contributed by atoms with E-state index in [1.54, 1.807) is 20.0 Å². The summed E-state index contributed by atoms with van der Waals surface area (Å²) in [6, 6.07) is 10.9. The summed E-state index contributed by atoms with van der Waals surface area (Å²) in [4.78, 5) is 22.0. The first-order valence-corrected chi connectivity index (χ1v) is 16.6. The van der Waals surface area contributed by atoms with E-state index in [2.05, 4.69) is 34.7 Å². The van der Waals surface area contributed by atoms with Crippen LogP contribution in [0.4, 0.5) is 5.82 Å². The average molecular weight is 640 g/mol. The summed E-state index contributed by atoms with van der Waals surface area (Å²) in [6.45, 7) is 13.4. The van der Waals surface area contributed by atoms with E-state index in [-0.39, 0.29) is 12.0 Å². The molecule has 0 amide bonds. The van der Waals surface area contributed by atoms with Crippen LogP contribution in [0.1, 0.15) is 85.8 Å². The minimum Gasteiger partial charge on any atom is -0.458 e. The zero-order valence-electron chi connectivity index (χ0n) is 27.7. The van der Waals surface area contributed by atoms with E-state index in [0.29, 0.717) is 43.3 Å². The molecule has 1 unspecified atom stereocenters. The molecular formula is C35H50ClN5O4. The smallest absolute Gasteiger partial charge is 0.338 e. The van der Waals surface area contributed by atoms with Gasteiger partial charge in [0.05, 0.1) is 28.8 Å². The Bertz CT molecular complexity index is 1320. The van der Waals surface area contributed by atoms with Crippen molar-refractivity contribution in [2.75, 3.05) is 31.7 Å². The number of carbonyl (C=O) groups is 1. The SMILES string of the molecule is CC(COC(C)(C)C(=O)OC(C)(C)C)NC1CCC(Cc2cc(-c3cccc(NCC4(C#N)CCOCC4)n3)c(Cl)cn2)CC1. The molecule has 1 aliphatic carbocycles. The van der Waals surface area contributed by atoms with Gasteiger partial charge in [-0.25, -0.2) is 9.78 Å². The van der Waals surface area contributed by atoms with E-state index in [1.165, 1.54) is 0 Å². The van der Waals surface area contributed by atoms with Crippen LogP contribution in [0.2, 0.25) is 5.02 Å². The fourth-order valence-electron chi connectivity index (χ4n) is 5.90. The van der Waals surface area contributed by atoms with Gasteiger partial charge in [0.1, 0.15) is 11.4 Å². The van der Waals surface area contributed by atoms with Crippen molar-refractivity contribution < 1.29 is 19.0 Å². The van der Waals surface area contributed by atoms with E-state index >= 15 is 0 Å². The van der Waals surface area contributed by atoms with Gasteiger partial charge < -0.3 is 24.8 Å². The third-order valence-electron chi connectivity index (χ3n) is 8.68. The summed E-state index contributed by atoms with van der Waals surface area (Å²) in [6.07, 6.45) is 8.44. The van der Waals surface area contributed by atoms with Gasteiger partial charge in [0.15, 0.2) is 5.60 Å². The van der Waals surface area contributed by atoms with Crippen LogP contribution in [-0.2, 0) is 25.4 Å². The highest BCUT2D eigenvalue weighted by Crippen LogP contribution is 2.33. The van der Waals surface area contributed by atoms with Crippen molar-refractivity contribution in [2.45, 2.75) is 110 Å². The van der Waals surface area contributed by atoms with Crippen molar-refractivity contribution in [2.24, 2.45) is 11.3 Å². The lowest BCUT2D eigenvalue weighted by Crippen LogP contribution is -2.46. The molecule has 246 valence electrons. The third kappa shape index (κ3) is 10.4. The van der Waals surface area contributed by atoms with Gasteiger partial charge in [-0.2, -0.15) is 5.26 Å². The number of nitrogens with zero attached hydrogens (tertiary/aromatic N) is 3. The van der Waals surface area contributed by atoms with Crippen molar-refractivity contribution in [1.29, 1.82) is 5.26 Å². The molecule has 2 fully saturated rings. The molecule has 2 aromatic heterocycles. The highest BCUT2D eigenvalue weighted by atomic mass is 35.5. The Hall–Kier alpha value is -2.77. The number of hydrogen-bond donors (Lipinski definition) is 2. The van der Waals surface area contributed by atoms with Gasteiger partial charge in [-0.3, -0.25) is 4.98 Å². The number of hydrogen-bond acceptors (Lipinski definition) is 9. The summed E-state index contributed by atoms with van der Waals surface area (Å²) in [5, 5.41) is 17.4. The fraction of sp³-hybridized carbons (Fsp3) is 0.657. The van der Waals surface area contributed by atoms with Crippen molar-refractivity contribution >= 4 is 23.4 Å². The van der Waals surface area contributed by atoms with Gasteiger partial charge in [-0.15, -0.1) is 0 Å². The zero-order valence-corrected chi connectivity index (χ0v) is 28.5. The Morgan fingerprint density at radius 3 is 2.56 bits per heavy atom. The van der Waals surface area contributed by atoms with Gasteiger partial charge in [0.25, 0.3) is 0 Å². The maximum absolute atomic E-state index is 12.5. The van der Waals surface area contributed by atoms with Crippen molar-refractivity contribution in [3.05, 3.63) is 41.2 Å². The standard InChI is InChI=1S/C35H50ClN5O4/c1-24(21-44-34(5,6)32(42)45-33(2,3)4)40-26-12-10-25(11-13-26)18-27-19-28(29(36)20-38-27)30-8-7-9-31(41-30)39-23-35(22-37)14-16-43-17-15-35/h7-9,19-20,24-26,40H,10-18,21,23H2,1-6H3,(H,39,41). The monoisotopic (exact) mass is 639 g/mol. The van der Waals surface area contributed by atoms with Gasteiger partial charge in [-0.1, -0.05) is 17.7 Å². The maximum Gasteiger partial charge on any atom is 0.338 e. The maximum atomic E-state index is 12.5. The number of nitrogens with one attached hydrogen (secondary N) is 2. The lowest BCUT2D eigenvalue weighted by molar-refractivity contribution is -0.180. The second-order valence-electron chi connectivity index (χ2n) is 14.2. The summed E-state index contributed by atoms with van der Waals surface area (Å²) < 4.78 is 16.9. The Morgan fingerprint density at radius 1 is 1.18 bits per heavy atom. The van der Waals surface area contributed by atoms with E-state index < -0.39 is 16.6 Å². The number of rotatable bonds is 12. The van der Waals surface area contributed by atoms with Crippen LogP contribution < -0.4 is 10.6 Å². The summed E-state index contributed by atoms with van der Waals surface area (Å²) in [5.41, 5.74) is 0.690. The van der Waals surface area contributed by atoms with Gasteiger partial charge >= 0.3 is 5.97 Å². The first kappa shape index (κ1) is 35.1. The number of carbonyl (C=O) groups excluding carboxylic acids is 1. The Balaban J connectivity index is 1.27. The number of ether oxygens (including phenoxy) is 3. The summed E-state index contributed by atoms with van der Waals surface area (Å²) in [7, 11) is 0. The van der Waals surface area contributed by atoms with E-state index in [9.17, 15) is 10.1 Å². The second kappa shape index (κ2) is 15.2. The van der Waals surface area contributed by atoms with Crippen LogP contribution in [0.25, 0.3) is 11.3 Å². The molecule has 9 nitrogen and oxygen atoms in total. The molecule has 3 heterocycles. The molecule has 1 saturated carbocycles. The Labute approximate surface area is 273 Å². The van der Waals surface area contributed by atoms with Gasteiger partial charge in [0, 0.05) is 49.3 Å². The van der Waals surface area contributed by atoms with Crippen LogP contribution in [0, 0.1) is 22.7 Å². The molecule has 2 aromatic rings. The lowest BCUT2D eigenvalue weighted by Gasteiger charge is -2.33. The van der Waals surface area contributed by atoms with Crippen LogP contribution >= 0.6 is 11.6 Å². The van der Waals surface area contributed by atoms with Gasteiger partial charge in [-0.05, 0) is 111 Å². The lowest BCUT2D eigenvalue weighted by atomic mass is 9.82. The highest BCUT2D eigenvalue weighted by Gasteiger charge is 2.35. The topological polar surface area (TPSA) is 118 Å². The van der Waals surface area contributed by atoms with Crippen molar-refractivity contribution in [3.63, 3.8) is 0 Å². The number of esters is 1. The van der Waals surface area contributed by atoms with Crippen molar-refractivity contribution in [1.82, 2.24) is 15.3 Å². The number of anilines is 1.